The van der Waals surface area contributed by atoms with Gasteiger partial charge in [0.1, 0.15) is 5.69 Å². The molecule has 0 saturated heterocycles. The number of para-hydroxylation sites is 1. The Kier molecular flexibility index (Phi) is 5.75. The molecular weight excluding hydrogens is 318 g/mol. The van der Waals surface area contributed by atoms with E-state index in [1.165, 1.54) is 6.07 Å². The number of benzene rings is 2. The molecule has 0 saturated carbocycles. The van der Waals surface area contributed by atoms with Gasteiger partial charge in [-0.15, -0.1) is 0 Å². The van der Waals surface area contributed by atoms with Crippen molar-refractivity contribution in [1.29, 1.82) is 0 Å². The molecule has 2 aromatic carbocycles. The molecule has 2 rings (SSSR count). The van der Waals surface area contributed by atoms with Gasteiger partial charge in [-0.05, 0) is 43.0 Å². The number of rotatable bonds is 6. The van der Waals surface area contributed by atoms with Crippen molar-refractivity contribution in [2.24, 2.45) is 0 Å². The summed E-state index contributed by atoms with van der Waals surface area (Å²) >= 11 is 0. The van der Waals surface area contributed by atoms with E-state index in [4.69, 9.17) is 0 Å². The summed E-state index contributed by atoms with van der Waals surface area (Å²) in [4.78, 5) is 23.4. The van der Waals surface area contributed by atoms with Crippen molar-refractivity contribution in [3.63, 3.8) is 0 Å². The molecule has 0 spiro atoms. The third-order valence-electron chi connectivity index (χ3n) is 3.99. The minimum Gasteiger partial charge on any atom is -0.380 e. The Hall–Kier alpha value is -2.89. The van der Waals surface area contributed by atoms with Crippen molar-refractivity contribution in [2.75, 3.05) is 17.2 Å². The average Bonchev–Trinajstić information content (AvgIpc) is 2.56. The summed E-state index contributed by atoms with van der Waals surface area (Å²) < 4.78 is 0. The Morgan fingerprint density at radius 2 is 1.96 bits per heavy atom. The predicted octanol–water partition coefficient (Wildman–Crippen LogP) is 4.71. The number of carbonyl (C=O) groups excluding carboxylic acids is 1. The molecule has 2 N–H and O–H groups in total. The molecule has 1 amide bonds. The second-order valence-electron chi connectivity index (χ2n) is 6.17. The van der Waals surface area contributed by atoms with Gasteiger partial charge in [0.25, 0.3) is 11.6 Å². The maximum atomic E-state index is 12.6. The first-order chi connectivity index (χ1) is 11.8. The van der Waals surface area contributed by atoms with Gasteiger partial charge in [0.05, 0.1) is 4.92 Å². The number of nitrogens with zero attached hydrogens (tertiary/aromatic N) is 1. The largest absolute Gasteiger partial charge is 0.380 e. The lowest BCUT2D eigenvalue weighted by molar-refractivity contribution is -0.384. The molecule has 6 heteroatoms. The average molecular weight is 341 g/mol. The Labute approximate surface area is 147 Å². The van der Waals surface area contributed by atoms with Crippen molar-refractivity contribution in [1.82, 2.24) is 0 Å². The highest BCUT2D eigenvalue weighted by molar-refractivity contribution is 6.06. The molecule has 0 unspecified atom stereocenters. The van der Waals surface area contributed by atoms with E-state index in [-0.39, 0.29) is 23.1 Å². The van der Waals surface area contributed by atoms with Gasteiger partial charge in [0.2, 0.25) is 0 Å². The van der Waals surface area contributed by atoms with Crippen molar-refractivity contribution >= 4 is 23.0 Å². The first kappa shape index (κ1) is 18.4. The number of amides is 1. The van der Waals surface area contributed by atoms with E-state index in [9.17, 15) is 14.9 Å². The lowest BCUT2D eigenvalue weighted by atomic mass is 9.98. The second-order valence-corrected chi connectivity index (χ2v) is 6.17. The monoisotopic (exact) mass is 341 g/mol. The smallest absolute Gasteiger partial charge is 0.293 e. The molecule has 0 bridgehead atoms. The zero-order valence-electron chi connectivity index (χ0n) is 14.9. The lowest BCUT2D eigenvalue weighted by Crippen LogP contribution is -2.15. The molecule has 6 nitrogen and oxygen atoms in total. The number of anilines is 2. The summed E-state index contributed by atoms with van der Waals surface area (Å²) in [6, 6.07) is 10.3. The van der Waals surface area contributed by atoms with E-state index in [0.29, 0.717) is 12.2 Å². The minimum absolute atomic E-state index is 0.108. The van der Waals surface area contributed by atoms with Crippen molar-refractivity contribution < 1.29 is 9.72 Å². The summed E-state index contributed by atoms with van der Waals surface area (Å²) in [6.45, 7) is 8.46. The molecule has 25 heavy (non-hydrogen) atoms. The molecule has 0 aromatic heterocycles. The standard InChI is InChI=1S/C19H23N3O3/c1-5-20-16-10-9-14(11-17(16)22(24)25)19(23)21-18-13(4)7-6-8-15(18)12(2)3/h6-12,20H,5H2,1-4H3,(H,21,23). The van der Waals surface area contributed by atoms with Gasteiger partial charge >= 0.3 is 0 Å². The normalized spacial score (nSPS) is 10.6. The number of nitro groups is 1. The third kappa shape index (κ3) is 4.15. The highest BCUT2D eigenvalue weighted by Crippen LogP contribution is 2.29. The topological polar surface area (TPSA) is 84.3 Å². The molecule has 0 fully saturated rings. The van der Waals surface area contributed by atoms with Gasteiger partial charge in [-0.25, -0.2) is 0 Å². The Bertz CT molecular complexity index is 800. The maximum Gasteiger partial charge on any atom is 0.293 e. The molecule has 0 aliphatic rings. The van der Waals surface area contributed by atoms with Crippen LogP contribution in [0.3, 0.4) is 0 Å². The Morgan fingerprint density at radius 3 is 2.56 bits per heavy atom. The van der Waals surface area contributed by atoms with Gasteiger partial charge in [-0.3, -0.25) is 14.9 Å². The summed E-state index contributed by atoms with van der Waals surface area (Å²) in [6.07, 6.45) is 0. The fourth-order valence-corrected chi connectivity index (χ4v) is 2.69. The van der Waals surface area contributed by atoms with Crippen LogP contribution >= 0.6 is 0 Å². The zero-order chi connectivity index (χ0) is 18.6. The fourth-order valence-electron chi connectivity index (χ4n) is 2.69. The van der Waals surface area contributed by atoms with Crippen LogP contribution in [0.25, 0.3) is 0 Å². The predicted molar refractivity (Wildman–Crippen MR) is 100 cm³/mol. The van der Waals surface area contributed by atoms with E-state index in [1.54, 1.807) is 12.1 Å². The number of nitrogens with one attached hydrogen (secondary N) is 2. The maximum absolute atomic E-state index is 12.6. The van der Waals surface area contributed by atoms with Gasteiger partial charge in [0.15, 0.2) is 0 Å². The number of hydrogen-bond acceptors (Lipinski definition) is 4. The molecule has 0 aliphatic carbocycles. The molecule has 0 radical (unpaired) electrons. The van der Waals surface area contributed by atoms with Crippen LogP contribution < -0.4 is 10.6 Å². The molecule has 132 valence electrons. The highest BCUT2D eigenvalue weighted by atomic mass is 16.6. The number of hydrogen-bond donors (Lipinski definition) is 2. The molecule has 2 aromatic rings. The van der Waals surface area contributed by atoms with Gasteiger partial charge in [-0.2, -0.15) is 0 Å². The van der Waals surface area contributed by atoms with Crippen LogP contribution in [-0.4, -0.2) is 17.4 Å². The first-order valence-corrected chi connectivity index (χ1v) is 8.28. The Balaban J connectivity index is 2.37. The quantitative estimate of drug-likeness (QED) is 0.588. The van der Waals surface area contributed by atoms with Crippen LogP contribution in [0.1, 0.15) is 48.2 Å². The summed E-state index contributed by atoms with van der Waals surface area (Å²) in [5.74, 6) is -0.108. The first-order valence-electron chi connectivity index (χ1n) is 8.28. The van der Waals surface area contributed by atoms with Crippen LogP contribution in [-0.2, 0) is 0 Å². The van der Waals surface area contributed by atoms with Crippen LogP contribution in [0.2, 0.25) is 0 Å². The fraction of sp³-hybridized carbons (Fsp3) is 0.316. The van der Waals surface area contributed by atoms with E-state index >= 15 is 0 Å². The summed E-state index contributed by atoms with van der Waals surface area (Å²) in [7, 11) is 0. The molecular formula is C19H23N3O3. The SMILES string of the molecule is CCNc1ccc(C(=O)Nc2c(C)cccc2C(C)C)cc1[N+](=O)[O-]. The van der Waals surface area contributed by atoms with Gasteiger partial charge in [-0.1, -0.05) is 32.0 Å². The van der Waals surface area contributed by atoms with E-state index in [1.807, 2.05) is 32.0 Å². The highest BCUT2D eigenvalue weighted by Gasteiger charge is 2.19. The van der Waals surface area contributed by atoms with Crippen molar-refractivity contribution in [3.05, 3.63) is 63.2 Å². The van der Waals surface area contributed by atoms with Crippen LogP contribution in [0.4, 0.5) is 17.1 Å². The zero-order valence-corrected chi connectivity index (χ0v) is 14.9. The second kappa shape index (κ2) is 7.79. The molecule has 0 atom stereocenters. The number of aryl methyl sites for hydroxylation is 1. The van der Waals surface area contributed by atoms with Crippen LogP contribution in [0.15, 0.2) is 36.4 Å². The van der Waals surface area contributed by atoms with E-state index < -0.39 is 4.92 Å². The molecule has 0 heterocycles. The van der Waals surface area contributed by atoms with Crippen LogP contribution in [0, 0.1) is 17.0 Å². The van der Waals surface area contributed by atoms with Crippen molar-refractivity contribution in [2.45, 2.75) is 33.6 Å². The summed E-state index contributed by atoms with van der Waals surface area (Å²) in [5, 5.41) is 17.1. The third-order valence-corrected chi connectivity index (χ3v) is 3.99. The summed E-state index contributed by atoms with van der Waals surface area (Å²) in [5.41, 5.74) is 3.31. The number of carbonyl (C=O) groups is 1. The minimum atomic E-state index is -0.484. The van der Waals surface area contributed by atoms with E-state index in [0.717, 1.165) is 16.8 Å². The van der Waals surface area contributed by atoms with Gasteiger partial charge in [0, 0.05) is 23.9 Å². The van der Waals surface area contributed by atoms with E-state index in [2.05, 4.69) is 24.5 Å². The van der Waals surface area contributed by atoms with Crippen LogP contribution in [0.5, 0.6) is 0 Å². The number of nitro benzene ring substituents is 1. The van der Waals surface area contributed by atoms with Crippen molar-refractivity contribution in [3.8, 4) is 0 Å². The lowest BCUT2D eigenvalue weighted by Gasteiger charge is -2.16. The Morgan fingerprint density at radius 1 is 1.24 bits per heavy atom. The van der Waals surface area contributed by atoms with Gasteiger partial charge < -0.3 is 10.6 Å². The molecule has 0 aliphatic heterocycles.